The van der Waals surface area contributed by atoms with Crippen LogP contribution in [0.1, 0.15) is 42.5 Å². The summed E-state index contributed by atoms with van der Waals surface area (Å²) in [5.41, 5.74) is 1.18. The molecule has 1 fully saturated rings. The van der Waals surface area contributed by atoms with Crippen molar-refractivity contribution in [3.8, 4) is 0 Å². The van der Waals surface area contributed by atoms with Crippen LogP contribution in [0, 0.1) is 0 Å². The van der Waals surface area contributed by atoms with E-state index in [2.05, 4.69) is 36.5 Å². The molecule has 1 aliphatic carbocycles. The number of hydrogen-bond donors (Lipinski definition) is 2. The van der Waals surface area contributed by atoms with Gasteiger partial charge in [0.1, 0.15) is 0 Å². The monoisotopic (exact) mass is 374 g/mol. The normalized spacial score (nSPS) is 15.2. The van der Waals surface area contributed by atoms with Crippen LogP contribution in [-0.4, -0.2) is 21.9 Å². The highest BCUT2D eigenvalue weighted by molar-refractivity contribution is 9.10. The zero-order valence-corrected chi connectivity index (χ0v) is 14.3. The SMILES string of the molecule is O=C(Nc1ccc(Br)cc1)c1cnc(NC2CCCCC2)nc1. The van der Waals surface area contributed by atoms with E-state index in [9.17, 15) is 4.79 Å². The van der Waals surface area contributed by atoms with Gasteiger partial charge in [0.05, 0.1) is 5.56 Å². The molecule has 1 saturated carbocycles. The molecule has 2 aromatic rings. The summed E-state index contributed by atoms with van der Waals surface area (Å²) in [4.78, 5) is 20.7. The first kappa shape index (κ1) is 15.9. The Bertz CT molecular complexity index is 651. The molecule has 120 valence electrons. The summed E-state index contributed by atoms with van der Waals surface area (Å²) in [6.07, 6.45) is 9.27. The van der Waals surface area contributed by atoms with E-state index >= 15 is 0 Å². The predicted molar refractivity (Wildman–Crippen MR) is 94.6 cm³/mol. The highest BCUT2D eigenvalue weighted by Crippen LogP contribution is 2.20. The van der Waals surface area contributed by atoms with E-state index in [1.54, 1.807) is 12.4 Å². The fourth-order valence-electron chi connectivity index (χ4n) is 2.69. The lowest BCUT2D eigenvalue weighted by Crippen LogP contribution is -2.23. The highest BCUT2D eigenvalue weighted by atomic mass is 79.9. The zero-order valence-electron chi connectivity index (χ0n) is 12.8. The van der Waals surface area contributed by atoms with Crippen molar-refractivity contribution in [2.75, 3.05) is 10.6 Å². The molecular weight excluding hydrogens is 356 g/mol. The molecule has 0 bridgehead atoms. The summed E-state index contributed by atoms with van der Waals surface area (Å²) in [5, 5.41) is 6.17. The van der Waals surface area contributed by atoms with Crippen LogP contribution in [-0.2, 0) is 0 Å². The Morgan fingerprint density at radius 1 is 1.04 bits per heavy atom. The van der Waals surface area contributed by atoms with Crippen LogP contribution in [0.2, 0.25) is 0 Å². The molecule has 2 N–H and O–H groups in total. The molecule has 1 heterocycles. The van der Waals surface area contributed by atoms with Crippen molar-refractivity contribution in [2.45, 2.75) is 38.1 Å². The van der Waals surface area contributed by atoms with E-state index in [4.69, 9.17) is 0 Å². The Morgan fingerprint density at radius 3 is 2.35 bits per heavy atom. The van der Waals surface area contributed by atoms with E-state index in [-0.39, 0.29) is 5.91 Å². The molecular formula is C17H19BrN4O. The molecule has 0 atom stereocenters. The smallest absolute Gasteiger partial charge is 0.258 e. The quantitative estimate of drug-likeness (QED) is 0.839. The molecule has 0 saturated heterocycles. The van der Waals surface area contributed by atoms with Crippen LogP contribution in [0.3, 0.4) is 0 Å². The highest BCUT2D eigenvalue weighted by Gasteiger charge is 2.14. The van der Waals surface area contributed by atoms with Gasteiger partial charge >= 0.3 is 0 Å². The van der Waals surface area contributed by atoms with Gasteiger partial charge in [-0.2, -0.15) is 0 Å². The first-order chi connectivity index (χ1) is 11.2. The molecule has 3 rings (SSSR count). The van der Waals surface area contributed by atoms with E-state index in [0.717, 1.165) is 23.0 Å². The third kappa shape index (κ3) is 4.51. The predicted octanol–water partition coefficient (Wildman–Crippen LogP) is 4.24. The van der Waals surface area contributed by atoms with E-state index < -0.39 is 0 Å². The van der Waals surface area contributed by atoms with Gasteiger partial charge in [-0.1, -0.05) is 35.2 Å². The van der Waals surface area contributed by atoms with Gasteiger partial charge < -0.3 is 10.6 Å². The van der Waals surface area contributed by atoms with Gasteiger partial charge in [-0.3, -0.25) is 4.79 Å². The summed E-state index contributed by atoms with van der Waals surface area (Å²) in [7, 11) is 0. The maximum atomic E-state index is 12.2. The van der Waals surface area contributed by atoms with Gasteiger partial charge in [-0.05, 0) is 37.1 Å². The molecule has 1 aromatic carbocycles. The number of rotatable bonds is 4. The van der Waals surface area contributed by atoms with Gasteiger partial charge in [0.15, 0.2) is 0 Å². The standard InChI is InChI=1S/C17H19BrN4O/c18-13-6-8-15(9-7-13)21-16(23)12-10-19-17(20-11-12)22-14-4-2-1-3-5-14/h6-11,14H,1-5H2,(H,21,23)(H,19,20,22). The van der Waals surface area contributed by atoms with Gasteiger partial charge in [-0.25, -0.2) is 9.97 Å². The van der Waals surface area contributed by atoms with E-state index in [1.807, 2.05) is 24.3 Å². The molecule has 1 aromatic heterocycles. The summed E-state index contributed by atoms with van der Waals surface area (Å²) < 4.78 is 0.969. The average Bonchev–Trinajstić information content (AvgIpc) is 2.58. The van der Waals surface area contributed by atoms with Crippen molar-refractivity contribution in [3.05, 3.63) is 46.7 Å². The van der Waals surface area contributed by atoms with Crippen molar-refractivity contribution in [1.82, 2.24) is 9.97 Å². The summed E-state index contributed by atoms with van der Waals surface area (Å²) >= 11 is 3.37. The lowest BCUT2D eigenvalue weighted by atomic mass is 9.96. The molecule has 0 spiro atoms. The summed E-state index contributed by atoms with van der Waals surface area (Å²) in [6.45, 7) is 0. The zero-order chi connectivity index (χ0) is 16.1. The Labute approximate surface area is 144 Å². The largest absolute Gasteiger partial charge is 0.351 e. The number of hydrogen-bond acceptors (Lipinski definition) is 4. The summed E-state index contributed by atoms with van der Waals surface area (Å²) in [5.74, 6) is 0.383. The fourth-order valence-corrected chi connectivity index (χ4v) is 2.95. The molecule has 23 heavy (non-hydrogen) atoms. The lowest BCUT2D eigenvalue weighted by molar-refractivity contribution is 0.102. The van der Waals surface area contributed by atoms with Crippen LogP contribution in [0.25, 0.3) is 0 Å². The van der Waals surface area contributed by atoms with Crippen LogP contribution in [0.15, 0.2) is 41.1 Å². The molecule has 1 aliphatic rings. The van der Waals surface area contributed by atoms with Crippen LogP contribution >= 0.6 is 15.9 Å². The average molecular weight is 375 g/mol. The molecule has 5 nitrogen and oxygen atoms in total. The van der Waals surface area contributed by atoms with Crippen LogP contribution in [0.4, 0.5) is 11.6 Å². The minimum Gasteiger partial charge on any atom is -0.351 e. The Hall–Kier alpha value is -1.95. The molecule has 6 heteroatoms. The minimum absolute atomic E-state index is 0.212. The van der Waals surface area contributed by atoms with Crippen molar-refractivity contribution in [3.63, 3.8) is 0 Å². The third-order valence-electron chi connectivity index (χ3n) is 3.95. The number of amides is 1. The van der Waals surface area contributed by atoms with Crippen LogP contribution in [0.5, 0.6) is 0 Å². The number of halogens is 1. The van der Waals surface area contributed by atoms with E-state index in [0.29, 0.717) is 17.6 Å². The number of anilines is 2. The molecule has 0 radical (unpaired) electrons. The Morgan fingerprint density at radius 2 is 1.70 bits per heavy atom. The van der Waals surface area contributed by atoms with Crippen LogP contribution < -0.4 is 10.6 Å². The van der Waals surface area contributed by atoms with Crippen molar-refractivity contribution < 1.29 is 4.79 Å². The Balaban J connectivity index is 1.59. The Kier molecular flexibility index (Phi) is 5.23. The first-order valence-corrected chi connectivity index (χ1v) is 8.65. The summed E-state index contributed by atoms with van der Waals surface area (Å²) in [6, 6.07) is 7.88. The van der Waals surface area contributed by atoms with Crippen molar-refractivity contribution in [1.29, 1.82) is 0 Å². The second kappa shape index (κ2) is 7.55. The fraction of sp³-hybridized carbons (Fsp3) is 0.353. The van der Waals surface area contributed by atoms with E-state index in [1.165, 1.54) is 19.3 Å². The first-order valence-electron chi connectivity index (χ1n) is 7.86. The minimum atomic E-state index is -0.212. The van der Waals surface area contributed by atoms with Crippen molar-refractivity contribution in [2.24, 2.45) is 0 Å². The van der Waals surface area contributed by atoms with Gasteiger partial charge in [-0.15, -0.1) is 0 Å². The number of nitrogens with one attached hydrogen (secondary N) is 2. The molecule has 0 aliphatic heterocycles. The second-order valence-corrected chi connectivity index (χ2v) is 6.65. The maximum absolute atomic E-state index is 12.2. The number of carbonyl (C=O) groups excluding carboxylic acids is 1. The van der Waals surface area contributed by atoms with Gasteiger partial charge in [0, 0.05) is 28.6 Å². The topological polar surface area (TPSA) is 66.9 Å². The number of benzene rings is 1. The number of aromatic nitrogens is 2. The maximum Gasteiger partial charge on any atom is 0.258 e. The third-order valence-corrected chi connectivity index (χ3v) is 4.48. The number of nitrogens with zero attached hydrogens (tertiary/aromatic N) is 2. The second-order valence-electron chi connectivity index (χ2n) is 5.74. The van der Waals surface area contributed by atoms with Crippen molar-refractivity contribution >= 4 is 33.5 Å². The number of carbonyl (C=O) groups is 1. The van der Waals surface area contributed by atoms with Gasteiger partial charge in [0.2, 0.25) is 5.95 Å². The van der Waals surface area contributed by atoms with Gasteiger partial charge in [0.25, 0.3) is 5.91 Å². The molecule has 1 amide bonds. The molecule has 0 unspecified atom stereocenters. The lowest BCUT2D eigenvalue weighted by Gasteiger charge is -2.22.